The summed E-state index contributed by atoms with van der Waals surface area (Å²) in [5, 5.41) is 9.40. The van der Waals surface area contributed by atoms with Gasteiger partial charge in [0.15, 0.2) is 0 Å². The first-order valence-corrected chi connectivity index (χ1v) is 7.78. The van der Waals surface area contributed by atoms with Crippen LogP contribution in [0.1, 0.15) is 23.2 Å². The van der Waals surface area contributed by atoms with Gasteiger partial charge in [-0.2, -0.15) is 0 Å². The van der Waals surface area contributed by atoms with Crippen molar-refractivity contribution in [3.8, 4) is 0 Å². The lowest BCUT2D eigenvalue weighted by molar-refractivity contribution is -0.145. The molecule has 2 amide bonds. The minimum Gasteiger partial charge on any atom is -0.481 e. The van der Waals surface area contributed by atoms with E-state index in [2.05, 4.69) is 0 Å². The van der Waals surface area contributed by atoms with Crippen LogP contribution in [-0.2, 0) is 9.59 Å². The van der Waals surface area contributed by atoms with Crippen molar-refractivity contribution in [3.63, 3.8) is 0 Å². The van der Waals surface area contributed by atoms with E-state index in [0.29, 0.717) is 30.0 Å². The van der Waals surface area contributed by atoms with E-state index in [1.54, 1.807) is 24.3 Å². The summed E-state index contributed by atoms with van der Waals surface area (Å²) >= 11 is 5.99. The molecule has 1 atom stereocenters. The Labute approximate surface area is 139 Å². The number of halogens is 1. The number of carbonyl (C=O) groups is 3. The van der Waals surface area contributed by atoms with Gasteiger partial charge < -0.3 is 14.9 Å². The molecule has 1 aliphatic heterocycles. The third-order valence-electron chi connectivity index (χ3n) is 3.95. The Morgan fingerprint density at radius 2 is 2.04 bits per heavy atom. The SMILES string of the molecule is CN(CC(=O)N1CCCC(C(=O)O)C1)C(=O)c1ccccc1Cl. The lowest BCUT2D eigenvalue weighted by Crippen LogP contribution is -2.46. The Morgan fingerprint density at radius 1 is 1.35 bits per heavy atom. The van der Waals surface area contributed by atoms with Crippen LogP contribution in [0.2, 0.25) is 5.02 Å². The Kier molecular flexibility index (Phi) is 5.60. The number of hydrogen-bond donors (Lipinski definition) is 1. The highest BCUT2D eigenvalue weighted by atomic mass is 35.5. The van der Waals surface area contributed by atoms with Crippen molar-refractivity contribution >= 4 is 29.4 Å². The third kappa shape index (κ3) is 4.22. The van der Waals surface area contributed by atoms with E-state index in [1.807, 2.05) is 0 Å². The van der Waals surface area contributed by atoms with Gasteiger partial charge in [0.25, 0.3) is 5.91 Å². The normalized spacial score (nSPS) is 17.7. The maximum atomic E-state index is 12.3. The van der Waals surface area contributed by atoms with Crippen LogP contribution in [0.3, 0.4) is 0 Å². The minimum atomic E-state index is -0.886. The molecule has 0 saturated carbocycles. The number of carbonyl (C=O) groups excluding carboxylic acids is 2. The van der Waals surface area contributed by atoms with Gasteiger partial charge in [0.2, 0.25) is 5.91 Å². The number of amides is 2. The van der Waals surface area contributed by atoms with Gasteiger partial charge in [-0.15, -0.1) is 0 Å². The lowest BCUT2D eigenvalue weighted by atomic mass is 9.98. The first kappa shape index (κ1) is 17.3. The fraction of sp³-hybridized carbons (Fsp3) is 0.438. The Bertz CT molecular complexity index is 620. The van der Waals surface area contributed by atoms with E-state index in [1.165, 1.54) is 16.8 Å². The molecular weight excluding hydrogens is 320 g/mol. The molecule has 0 bridgehead atoms. The summed E-state index contributed by atoms with van der Waals surface area (Å²) in [7, 11) is 1.53. The summed E-state index contributed by atoms with van der Waals surface area (Å²) in [6.45, 7) is 0.620. The molecule has 1 aromatic rings. The largest absolute Gasteiger partial charge is 0.481 e. The molecular formula is C16H19ClN2O4. The zero-order valence-electron chi connectivity index (χ0n) is 12.9. The zero-order chi connectivity index (χ0) is 17.0. The molecule has 1 fully saturated rings. The highest BCUT2D eigenvalue weighted by Crippen LogP contribution is 2.18. The van der Waals surface area contributed by atoms with Crippen molar-refractivity contribution in [2.24, 2.45) is 5.92 Å². The Hall–Kier alpha value is -2.08. The number of aliphatic carboxylic acids is 1. The highest BCUT2D eigenvalue weighted by molar-refractivity contribution is 6.33. The fourth-order valence-electron chi connectivity index (χ4n) is 2.62. The van der Waals surface area contributed by atoms with Gasteiger partial charge in [-0.25, -0.2) is 0 Å². The minimum absolute atomic E-state index is 0.101. The number of rotatable bonds is 4. The van der Waals surface area contributed by atoms with Crippen molar-refractivity contribution in [2.45, 2.75) is 12.8 Å². The first-order valence-electron chi connectivity index (χ1n) is 7.40. The summed E-state index contributed by atoms with van der Waals surface area (Å²) in [5.41, 5.74) is 0.339. The monoisotopic (exact) mass is 338 g/mol. The Balaban J connectivity index is 1.98. The molecule has 23 heavy (non-hydrogen) atoms. The van der Waals surface area contributed by atoms with Crippen molar-refractivity contribution in [3.05, 3.63) is 34.9 Å². The number of benzene rings is 1. The van der Waals surface area contributed by atoms with Crippen molar-refractivity contribution in [2.75, 3.05) is 26.7 Å². The predicted octanol–water partition coefficient (Wildman–Crippen LogP) is 1.74. The molecule has 1 heterocycles. The molecule has 124 valence electrons. The second-order valence-corrected chi connectivity index (χ2v) is 6.07. The van der Waals surface area contributed by atoms with Crippen LogP contribution in [0.25, 0.3) is 0 Å². The smallest absolute Gasteiger partial charge is 0.308 e. The number of hydrogen-bond acceptors (Lipinski definition) is 3. The zero-order valence-corrected chi connectivity index (χ0v) is 13.6. The van der Waals surface area contributed by atoms with Crippen LogP contribution in [0.4, 0.5) is 0 Å². The summed E-state index contributed by atoms with van der Waals surface area (Å²) in [5.74, 6) is -2.00. The maximum absolute atomic E-state index is 12.3. The van der Waals surface area contributed by atoms with Gasteiger partial charge in [0.1, 0.15) is 0 Å². The fourth-order valence-corrected chi connectivity index (χ4v) is 2.84. The Morgan fingerprint density at radius 3 is 2.70 bits per heavy atom. The predicted molar refractivity (Wildman–Crippen MR) is 85.4 cm³/mol. The number of piperidine rings is 1. The van der Waals surface area contributed by atoms with Gasteiger partial charge in [-0.1, -0.05) is 23.7 Å². The quantitative estimate of drug-likeness (QED) is 0.907. The van der Waals surface area contributed by atoms with Crippen LogP contribution in [0.5, 0.6) is 0 Å². The van der Waals surface area contributed by atoms with Gasteiger partial charge in [0.05, 0.1) is 23.0 Å². The first-order chi connectivity index (χ1) is 10.9. The molecule has 0 aromatic heterocycles. The van der Waals surface area contributed by atoms with E-state index in [4.69, 9.17) is 16.7 Å². The molecule has 0 spiro atoms. The van der Waals surface area contributed by atoms with Gasteiger partial charge in [0, 0.05) is 20.1 Å². The number of carboxylic acids is 1. The van der Waals surface area contributed by atoms with Gasteiger partial charge >= 0.3 is 5.97 Å². The molecule has 1 unspecified atom stereocenters. The number of nitrogens with zero attached hydrogens (tertiary/aromatic N) is 2. The van der Waals surface area contributed by atoms with Gasteiger partial charge in [-0.05, 0) is 25.0 Å². The van der Waals surface area contributed by atoms with E-state index in [9.17, 15) is 14.4 Å². The van der Waals surface area contributed by atoms with Gasteiger partial charge in [-0.3, -0.25) is 14.4 Å². The second-order valence-electron chi connectivity index (χ2n) is 5.66. The summed E-state index contributed by atoms with van der Waals surface area (Å²) in [4.78, 5) is 38.5. The number of likely N-dealkylation sites (tertiary alicyclic amines) is 1. The molecule has 1 aliphatic rings. The molecule has 1 N–H and O–H groups in total. The molecule has 1 aromatic carbocycles. The lowest BCUT2D eigenvalue weighted by Gasteiger charge is -2.32. The summed E-state index contributed by atoms with van der Waals surface area (Å²) in [6.07, 6.45) is 1.23. The third-order valence-corrected chi connectivity index (χ3v) is 4.28. The highest BCUT2D eigenvalue weighted by Gasteiger charge is 2.29. The molecule has 0 radical (unpaired) electrons. The molecule has 1 saturated heterocycles. The van der Waals surface area contributed by atoms with Crippen LogP contribution in [0.15, 0.2) is 24.3 Å². The van der Waals surface area contributed by atoms with Crippen LogP contribution in [-0.4, -0.2) is 59.4 Å². The standard InChI is InChI=1S/C16H19ClN2O4/c1-18(15(21)12-6-2-3-7-13(12)17)10-14(20)19-8-4-5-11(9-19)16(22)23/h2-3,6-7,11H,4-5,8-10H2,1H3,(H,22,23). The van der Waals surface area contributed by atoms with Crippen molar-refractivity contribution in [1.29, 1.82) is 0 Å². The number of likely N-dealkylation sites (N-methyl/N-ethyl adjacent to an activating group) is 1. The average Bonchev–Trinajstić information content (AvgIpc) is 2.54. The van der Waals surface area contributed by atoms with E-state index >= 15 is 0 Å². The molecule has 7 heteroatoms. The molecule has 6 nitrogen and oxygen atoms in total. The van der Waals surface area contributed by atoms with Crippen molar-refractivity contribution < 1.29 is 19.5 Å². The van der Waals surface area contributed by atoms with Crippen LogP contribution >= 0.6 is 11.6 Å². The summed E-state index contributed by atoms with van der Waals surface area (Å²) < 4.78 is 0. The van der Waals surface area contributed by atoms with Crippen molar-refractivity contribution in [1.82, 2.24) is 9.80 Å². The van der Waals surface area contributed by atoms with Crippen LogP contribution < -0.4 is 0 Å². The van der Waals surface area contributed by atoms with E-state index in [0.717, 1.165) is 0 Å². The summed E-state index contributed by atoms with van der Waals surface area (Å²) in [6, 6.07) is 6.65. The molecule has 2 rings (SSSR count). The molecule has 0 aliphatic carbocycles. The second kappa shape index (κ2) is 7.46. The number of carboxylic acid groups (broad SMARTS) is 1. The topological polar surface area (TPSA) is 77.9 Å². The van der Waals surface area contributed by atoms with E-state index < -0.39 is 11.9 Å². The van der Waals surface area contributed by atoms with Crippen LogP contribution in [0, 0.1) is 5.92 Å². The average molecular weight is 339 g/mol. The maximum Gasteiger partial charge on any atom is 0.308 e. The van der Waals surface area contributed by atoms with E-state index in [-0.39, 0.29) is 24.9 Å².